The van der Waals surface area contributed by atoms with E-state index in [0.717, 1.165) is 5.02 Å². The van der Waals surface area contributed by atoms with Crippen LogP contribution >= 0.6 is 23.5 Å². The molecule has 1 aliphatic heterocycles. The van der Waals surface area contributed by atoms with E-state index in [1.54, 1.807) is 0 Å². The number of benzene rings is 1. The zero-order chi connectivity index (χ0) is 13.5. The van der Waals surface area contributed by atoms with Crippen molar-refractivity contribution in [3.63, 3.8) is 0 Å². The lowest BCUT2D eigenvalue weighted by atomic mass is 9.76. The fourth-order valence-electron chi connectivity index (χ4n) is 3.46. The highest BCUT2D eigenvalue weighted by molar-refractivity contribution is 8.06. The molecule has 1 heterocycles. The maximum Gasteiger partial charge on any atom is 0.0533 e. The molecular formula is C16H20ClNS. The van der Waals surface area contributed by atoms with Gasteiger partial charge in [-0.05, 0) is 50.4 Å². The van der Waals surface area contributed by atoms with Gasteiger partial charge in [-0.3, -0.25) is 0 Å². The Kier molecular flexibility index (Phi) is 3.67. The molecule has 19 heavy (non-hydrogen) atoms. The summed E-state index contributed by atoms with van der Waals surface area (Å²) in [4.78, 5) is 1.37. The van der Waals surface area contributed by atoms with Crippen LogP contribution in [0.15, 0.2) is 29.8 Å². The molecule has 3 rings (SSSR count). The molecule has 1 spiro atoms. The van der Waals surface area contributed by atoms with Crippen LogP contribution in [0.1, 0.15) is 44.6 Å². The van der Waals surface area contributed by atoms with Crippen LogP contribution in [-0.4, -0.2) is 16.9 Å². The average Bonchev–Trinajstić information content (AvgIpc) is 2.66. The first kappa shape index (κ1) is 13.5. The summed E-state index contributed by atoms with van der Waals surface area (Å²) in [7, 11) is 2.24. The monoisotopic (exact) mass is 293 g/mol. The third-order valence-corrected chi connectivity index (χ3v) is 6.33. The molecule has 2 aliphatic rings. The van der Waals surface area contributed by atoms with Gasteiger partial charge in [0.1, 0.15) is 0 Å². The molecule has 1 aromatic rings. The van der Waals surface area contributed by atoms with Crippen LogP contribution in [0.2, 0.25) is 5.02 Å². The van der Waals surface area contributed by atoms with Crippen molar-refractivity contribution in [1.29, 1.82) is 0 Å². The molecule has 3 heteroatoms. The van der Waals surface area contributed by atoms with Crippen molar-refractivity contribution in [2.45, 2.75) is 44.6 Å². The highest BCUT2D eigenvalue weighted by Crippen LogP contribution is 2.54. The van der Waals surface area contributed by atoms with Crippen molar-refractivity contribution < 1.29 is 0 Å². The van der Waals surface area contributed by atoms with Gasteiger partial charge < -0.3 is 0 Å². The second-order valence-electron chi connectivity index (χ2n) is 5.61. The van der Waals surface area contributed by atoms with E-state index in [0.29, 0.717) is 0 Å². The van der Waals surface area contributed by atoms with Crippen LogP contribution in [0.5, 0.6) is 0 Å². The molecular weight excluding hydrogens is 274 g/mol. The number of nitrogens with zero attached hydrogens (tertiary/aromatic N) is 1. The highest BCUT2D eigenvalue weighted by Gasteiger charge is 2.44. The predicted octanol–water partition coefficient (Wildman–Crippen LogP) is 5.37. The van der Waals surface area contributed by atoms with Crippen LogP contribution in [0.4, 0.5) is 0 Å². The van der Waals surface area contributed by atoms with Gasteiger partial charge in [-0.2, -0.15) is 0 Å². The largest absolute Gasteiger partial charge is 0.239 e. The van der Waals surface area contributed by atoms with Gasteiger partial charge >= 0.3 is 0 Å². The Morgan fingerprint density at radius 1 is 1.16 bits per heavy atom. The van der Waals surface area contributed by atoms with E-state index in [4.69, 9.17) is 11.6 Å². The maximum absolute atomic E-state index is 6.38. The fraction of sp³-hybridized carbons (Fsp3) is 0.500. The summed E-state index contributed by atoms with van der Waals surface area (Å²) in [6.07, 6.45) is 6.65. The second-order valence-corrected chi connectivity index (χ2v) is 7.16. The van der Waals surface area contributed by atoms with Crippen LogP contribution in [0, 0.1) is 0 Å². The van der Waals surface area contributed by atoms with Gasteiger partial charge in [-0.1, -0.05) is 49.1 Å². The minimum Gasteiger partial charge on any atom is -0.239 e. The molecule has 0 radical (unpaired) electrons. The first-order valence-electron chi connectivity index (χ1n) is 7.03. The van der Waals surface area contributed by atoms with Gasteiger partial charge in [0.05, 0.1) is 5.54 Å². The summed E-state index contributed by atoms with van der Waals surface area (Å²) >= 11 is 8.25. The number of likely N-dealkylation sites (N-methyl/N-ethyl adjacent to an activating group) is 1. The van der Waals surface area contributed by atoms with Crippen LogP contribution in [0.25, 0.3) is 4.91 Å². The third-order valence-electron chi connectivity index (χ3n) is 4.67. The molecule has 0 N–H and O–H groups in total. The zero-order valence-corrected chi connectivity index (χ0v) is 13.2. The highest BCUT2D eigenvalue weighted by atomic mass is 35.5. The SMILES string of the molecule is CC1=C(c2ccccc2Cl)SN(C)C12CCCCC2. The number of hydrogen-bond donors (Lipinski definition) is 0. The molecule has 1 saturated carbocycles. The molecule has 1 fully saturated rings. The standard InChI is InChI=1S/C16H20ClNS/c1-12-15(13-8-4-5-9-14(13)17)19-18(2)16(12)10-6-3-7-11-16/h4-5,8-9H,3,6-7,10-11H2,1-2H3. The van der Waals surface area contributed by atoms with E-state index in [2.05, 4.69) is 30.4 Å². The number of halogens is 1. The molecule has 0 unspecified atom stereocenters. The van der Waals surface area contributed by atoms with Gasteiger partial charge in [0.25, 0.3) is 0 Å². The van der Waals surface area contributed by atoms with Crippen LogP contribution < -0.4 is 0 Å². The summed E-state index contributed by atoms with van der Waals surface area (Å²) in [5.41, 5.74) is 2.99. The van der Waals surface area contributed by atoms with E-state index in [1.165, 1.54) is 48.1 Å². The number of rotatable bonds is 1. The van der Waals surface area contributed by atoms with E-state index in [9.17, 15) is 0 Å². The molecule has 0 aromatic heterocycles. The van der Waals surface area contributed by atoms with E-state index in [-0.39, 0.29) is 5.54 Å². The quantitative estimate of drug-likeness (QED) is 0.641. The summed E-state index contributed by atoms with van der Waals surface area (Å²) in [6.45, 7) is 2.31. The molecule has 1 aromatic carbocycles. The van der Waals surface area contributed by atoms with Crippen molar-refractivity contribution in [1.82, 2.24) is 4.31 Å². The van der Waals surface area contributed by atoms with Crippen LogP contribution in [0.3, 0.4) is 0 Å². The Balaban J connectivity index is 2.05. The third kappa shape index (κ3) is 2.14. The normalized spacial score (nSPS) is 23.3. The van der Waals surface area contributed by atoms with Gasteiger partial charge in [-0.15, -0.1) is 0 Å². The van der Waals surface area contributed by atoms with Crippen molar-refractivity contribution in [3.05, 3.63) is 40.4 Å². The van der Waals surface area contributed by atoms with Gasteiger partial charge in [0.2, 0.25) is 0 Å². The summed E-state index contributed by atoms with van der Waals surface area (Å²) in [5, 5.41) is 0.866. The lowest BCUT2D eigenvalue weighted by Gasteiger charge is -2.40. The molecule has 0 atom stereocenters. The first-order chi connectivity index (χ1) is 9.15. The summed E-state index contributed by atoms with van der Waals surface area (Å²) < 4.78 is 2.47. The molecule has 102 valence electrons. The Morgan fingerprint density at radius 3 is 2.53 bits per heavy atom. The Hall–Kier alpha value is -0.440. The summed E-state index contributed by atoms with van der Waals surface area (Å²) in [5.74, 6) is 0. The second kappa shape index (κ2) is 5.16. The van der Waals surface area contributed by atoms with E-state index >= 15 is 0 Å². The molecule has 0 bridgehead atoms. The molecule has 0 saturated heterocycles. The van der Waals surface area contributed by atoms with Gasteiger partial charge in [0.15, 0.2) is 0 Å². The van der Waals surface area contributed by atoms with Crippen molar-refractivity contribution in [3.8, 4) is 0 Å². The van der Waals surface area contributed by atoms with E-state index < -0.39 is 0 Å². The summed E-state index contributed by atoms with van der Waals surface area (Å²) in [6, 6.07) is 8.21. The lowest BCUT2D eigenvalue weighted by molar-refractivity contribution is 0.211. The first-order valence-corrected chi connectivity index (χ1v) is 8.18. The maximum atomic E-state index is 6.38. The smallest absolute Gasteiger partial charge is 0.0533 e. The average molecular weight is 294 g/mol. The van der Waals surface area contributed by atoms with E-state index in [1.807, 2.05) is 24.1 Å². The number of hydrogen-bond acceptors (Lipinski definition) is 2. The van der Waals surface area contributed by atoms with Crippen LogP contribution in [-0.2, 0) is 0 Å². The Morgan fingerprint density at radius 2 is 1.84 bits per heavy atom. The zero-order valence-electron chi connectivity index (χ0n) is 11.6. The van der Waals surface area contributed by atoms with Crippen molar-refractivity contribution in [2.24, 2.45) is 0 Å². The Bertz CT molecular complexity index is 517. The van der Waals surface area contributed by atoms with Gasteiger partial charge in [0, 0.05) is 15.5 Å². The molecule has 1 nitrogen and oxygen atoms in total. The fourth-order valence-corrected chi connectivity index (χ4v) is 5.12. The molecule has 1 aliphatic carbocycles. The lowest BCUT2D eigenvalue weighted by Crippen LogP contribution is -2.42. The van der Waals surface area contributed by atoms with Crippen molar-refractivity contribution >= 4 is 28.5 Å². The molecule has 0 amide bonds. The Labute approximate surface area is 125 Å². The van der Waals surface area contributed by atoms with Gasteiger partial charge in [-0.25, -0.2) is 4.31 Å². The predicted molar refractivity (Wildman–Crippen MR) is 85.2 cm³/mol. The minimum absolute atomic E-state index is 0.275. The minimum atomic E-state index is 0.275. The topological polar surface area (TPSA) is 3.24 Å². The van der Waals surface area contributed by atoms with Crippen molar-refractivity contribution in [2.75, 3.05) is 7.05 Å².